The van der Waals surface area contributed by atoms with E-state index in [0.717, 1.165) is 12.1 Å². The molecule has 0 aliphatic heterocycles. The van der Waals surface area contributed by atoms with E-state index in [4.69, 9.17) is 5.73 Å². The number of hydrogen-bond acceptors (Lipinski definition) is 4. The highest BCUT2D eigenvalue weighted by Gasteiger charge is 2.15. The van der Waals surface area contributed by atoms with E-state index in [-0.39, 0.29) is 0 Å². The van der Waals surface area contributed by atoms with Crippen LogP contribution in [0.5, 0.6) is 0 Å². The smallest absolute Gasteiger partial charge is 0.129 e. The summed E-state index contributed by atoms with van der Waals surface area (Å²) in [6, 6.07) is 3.51. The number of aliphatic hydroxyl groups is 1. The first kappa shape index (κ1) is 10.6. The lowest BCUT2D eigenvalue weighted by Gasteiger charge is -2.10. The molecule has 0 bridgehead atoms. The first-order valence-corrected chi connectivity index (χ1v) is 5.13. The molecule has 84 valence electrons. The molecular formula is C11H14N4O. The molecule has 0 fully saturated rings. The largest absolute Gasteiger partial charge is 0.383 e. The fourth-order valence-corrected chi connectivity index (χ4v) is 1.53. The second-order valence-corrected chi connectivity index (χ2v) is 3.51. The Morgan fingerprint density at radius 3 is 3.00 bits per heavy atom. The van der Waals surface area contributed by atoms with Gasteiger partial charge in [0.25, 0.3) is 0 Å². The van der Waals surface area contributed by atoms with Gasteiger partial charge in [-0.3, -0.25) is 4.68 Å². The normalized spacial score (nSPS) is 12.6. The quantitative estimate of drug-likeness (QED) is 0.804. The molecule has 0 saturated carbocycles. The van der Waals surface area contributed by atoms with Gasteiger partial charge in [-0.05, 0) is 13.0 Å². The van der Waals surface area contributed by atoms with Crippen molar-refractivity contribution in [3.05, 3.63) is 41.9 Å². The van der Waals surface area contributed by atoms with Crippen molar-refractivity contribution in [3.8, 4) is 0 Å². The number of nitrogens with zero attached hydrogens (tertiary/aromatic N) is 3. The van der Waals surface area contributed by atoms with Gasteiger partial charge in [-0.25, -0.2) is 4.98 Å². The molecule has 1 atom stereocenters. The van der Waals surface area contributed by atoms with E-state index in [1.54, 1.807) is 35.4 Å². The average Bonchev–Trinajstić information content (AvgIpc) is 2.77. The number of aryl methyl sites for hydroxylation is 1. The van der Waals surface area contributed by atoms with E-state index in [2.05, 4.69) is 10.1 Å². The molecule has 0 aliphatic carbocycles. The van der Waals surface area contributed by atoms with Gasteiger partial charge in [-0.15, -0.1) is 0 Å². The van der Waals surface area contributed by atoms with Gasteiger partial charge in [-0.2, -0.15) is 5.10 Å². The van der Waals surface area contributed by atoms with E-state index in [0.29, 0.717) is 11.4 Å². The molecule has 16 heavy (non-hydrogen) atoms. The third-order valence-corrected chi connectivity index (χ3v) is 2.46. The van der Waals surface area contributed by atoms with Crippen LogP contribution in [-0.2, 0) is 6.54 Å². The van der Waals surface area contributed by atoms with Gasteiger partial charge in [-0.1, -0.05) is 6.07 Å². The van der Waals surface area contributed by atoms with Crippen LogP contribution in [-0.4, -0.2) is 19.9 Å². The van der Waals surface area contributed by atoms with Gasteiger partial charge in [0.05, 0.1) is 6.20 Å². The Labute approximate surface area is 93.5 Å². The van der Waals surface area contributed by atoms with Crippen molar-refractivity contribution in [1.82, 2.24) is 14.8 Å². The Balaban J connectivity index is 2.31. The topological polar surface area (TPSA) is 77.0 Å². The summed E-state index contributed by atoms with van der Waals surface area (Å²) in [6.45, 7) is 2.76. The lowest BCUT2D eigenvalue weighted by molar-refractivity contribution is 0.220. The number of hydrogen-bond donors (Lipinski definition) is 2. The summed E-state index contributed by atoms with van der Waals surface area (Å²) in [4.78, 5) is 3.94. The number of nitrogens with two attached hydrogens (primary N) is 1. The van der Waals surface area contributed by atoms with Gasteiger partial charge in [0.1, 0.15) is 11.9 Å². The molecule has 2 rings (SSSR count). The van der Waals surface area contributed by atoms with Crippen LogP contribution in [0.1, 0.15) is 24.2 Å². The molecule has 3 N–H and O–H groups in total. The minimum atomic E-state index is -0.769. The maximum absolute atomic E-state index is 10.1. The molecule has 0 aromatic carbocycles. The van der Waals surface area contributed by atoms with Crippen molar-refractivity contribution < 1.29 is 5.11 Å². The predicted octanol–water partition coefficient (Wildman–Crippen LogP) is 0.962. The van der Waals surface area contributed by atoms with Crippen LogP contribution in [0.3, 0.4) is 0 Å². The molecule has 5 nitrogen and oxygen atoms in total. The summed E-state index contributed by atoms with van der Waals surface area (Å²) < 4.78 is 1.76. The van der Waals surface area contributed by atoms with Crippen LogP contribution >= 0.6 is 0 Å². The molecule has 0 saturated heterocycles. The highest BCUT2D eigenvalue weighted by atomic mass is 16.3. The van der Waals surface area contributed by atoms with Crippen LogP contribution in [0, 0.1) is 0 Å². The van der Waals surface area contributed by atoms with E-state index in [9.17, 15) is 5.11 Å². The minimum Gasteiger partial charge on any atom is -0.383 e. The van der Waals surface area contributed by atoms with Crippen molar-refractivity contribution >= 4 is 5.82 Å². The molecule has 0 amide bonds. The van der Waals surface area contributed by atoms with Gasteiger partial charge >= 0.3 is 0 Å². The summed E-state index contributed by atoms with van der Waals surface area (Å²) in [6.07, 6.45) is 4.27. The van der Waals surface area contributed by atoms with Crippen LogP contribution < -0.4 is 5.73 Å². The van der Waals surface area contributed by atoms with E-state index in [1.165, 1.54) is 0 Å². The van der Waals surface area contributed by atoms with Gasteiger partial charge in [0.15, 0.2) is 0 Å². The Hall–Kier alpha value is -1.88. The highest BCUT2D eigenvalue weighted by Crippen LogP contribution is 2.24. The van der Waals surface area contributed by atoms with Gasteiger partial charge < -0.3 is 10.8 Å². The molecule has 5 heteroatoms. The number of anilines is 1. The zero-order valence-corrected chi connectivity index (χ0v) is 9.04. The number of aliphatic hydroxyl groups excluding tert-OH is 1. The van der Waals surface area contributed by atoms with Crippen molar-refractivity contribution in [2.24, 2.45) is 0 Å². The summed E-state index contributed by atoms with van der Waals surface area (Å²) in [5.74, 6) is 0.347. The maximum Gasteiger partial charge on any atom is 0.129 e. The Morgan fingerprint density at radius 2 is 2.38 bits per heavy atom. The summed E-state index contributed by atoms with van der Waals surface area (Å²) in [5, 5.41) is 14.2. The number of aromatic nitrogens is 3. The molecule has 0 radical (unpaired) electrons. The first-order valence-electron chi connectivity index (χ1n) is 5.13. The average molecular weight is 218 g/mol. The molecule has 2 heterocycles. The molecule has 0 spiro atoms. The zero-order valence-electron chi connectivity index (χ0n) is 9.04. The van der Waals surface area contributed by atoms with E-state index < -0.39 is 6.10 Å². The van der Waals surface area contributed by atoms with Crippen LogP contribution in [0.4, 0.5) is 5.82 Å². The fourth-order valence-electron chi connectivity index (χ4n) is 1.53. The zero-order chi connectivity index (χ0) is 11.5. The third-order valence-electron chi connectivity index (χ3n) is 2.46. The monoisotopic (exact) mass is 218 g/mol. The second-order valence-electron chi connectivity index (χ2n) is 3.51. The molecule has 2 aromatic rings. The molecule has 0 aliphatic rings. The summed E-state index contributed by atoms with van der Waals surface area (Å²) >= 11 is 0. The van der Waals surface area contributed by atoms with Crippen molar-refractivity contribution in [2.45, 2.75) is 19.6 Å². The van der Waals surface area contributed by atoms with Crippen LogP contribution in [0.25, 0.3) is 0 Å². The van der Waals surface area contributed by atoms with E-state index in [1.807, 2.05) is 6.92 Å². The Morgan fingerprint density at radius 1 is 1.56 bits per heavy atom. The predicted molar refractivity (Wildman–Crippen MR) is 60.6 cm³/mol. The lowest BCUT2D eigenvalue weighted by Crippen LogP contribution is -2.04. The maximum atomic E-state index is 10.1. The number of rotatable bonds is 3. The highest BCUT2D eigenvalue weighted by molar-refractivity contribution is 5.43. The lowest BCUT2D eigenvalue weighted by atomic mass is 10.1. The first-order chi connectivity index (χ1) is 7.72. The van der Waals surface area contributed by atoms with Gasteiger partial charge in [0, 0.05) is 30.1 Å². The SMILES string of the molecule is CCn1cc(C(O)c2cccnc2N)cn1. The Bertz CT molecular complexity index is 480. The van der Waals surface area contributed by atoms with Gasteiger partial charge in [0.2, 0.25) is 0 Å². The number of pyridine rings is 1. The minimum absolute atomic E-state index is 0.347. The van der Waals surface area contributed by atoms with Crippen molar-refractivity contribution in [2.75, 3.05) is 5.73 Å². The van der Waals surface area contributed by atoms with Crippen LogP contribution in [0.2, 0.25) is 0 Å². The summed E-state index contributed by atoms with van der Waals surface area (Å²) in [7, 11) is 0. The van der Waals surface area contributed by atoms with Crippen molar-refractivity contribution in [1.29, 1.82) is 0 Å². The fraction of sp³-hybridized carbons (Fsp3) is 0.273. The Kier molecular flexibility index (Phi) is 2.87. The van der Waals surface area contributed by atoms with Crippen molar-refractivity contribution in [3.63, 3.8) is 0 Å². The second kappa shape index (κ2) is 4.32. The molecular weight excluding hydrogens is 204 g/mol. The number of nitrogen functional groups attached to an aromatic ring is 1. The molecule has 1 unspecified atom stereocenters. The van der Waals surface area contributed by atoms with E-state index >= 15 is 0 Å². The summed E-state index contributed by atoms with van der Waals surface area (Å²) in [5.41, 5.74) is 7.03. The third kappa shape index (κ3) is 1.90. The van der Waals surface area contributed by atoms with Crippen LogP contribution in [0.15, 0.2) is 30.7 Å². The standard InChI is InChI=1S/C11H14N4O/c1-2-15-7-8(6-14-15)10(16)9-4-3-5-13-11(9)12/h3-7,10,16H,2H2,1H3,(H2,12,13). The molecule has 2 aromatic heterocycles.